The molecule has 0 spiro atoms. The number of aryl methyl sites for hydroxylation is 2. The van der Waals surface area contributed by atoms with Gasteiger partial charge in [0.25, 0.3) is 0 Å². The molecule has 0 fully saturated rings. The normalized spacial score (nSPS) is 17.8. The van der Waals surface area contributed by atoms with Gasteiger partial charge in [-0.2, -0.15) is 0 Å². The lowest BCUT2D eigenvalue weighted by Gasteiger charge is -2.16. The summed E-state index contributed by atoms with van der Waals surface area (Å²) >= 11 is 0. The Morgan fingerprint density at radius 1 is 1.29 bits per heavy atom. The summed E-state index contributed by atoms with van der Waals surface area (Å²) in [6.07, 6.45) is 4.36. The standard InChI is InChI=1S/C15H23NO/c1-3-11(2)16-10-15(17)14-8-7-12-5-4-6-13(12)9-14/h7-9,11,15-17H,3-6,10H2,1-2H3/t11-,15+/m1/s1. The molecule has 17 heavy (non-hydrogen) atoms. The van der Waals surface area contributed by atoms with Crippen LogP contribution in [0.5, 0.6) is 0 Å². The molecule has 2 nitrogen and oxygen atoms in total. The highest BCUT2D eigenvalue weighted by molar-refractivity contribution is 5.36. The van der Waals surface area contributed by atoms with E-state index in [0.717, 1.165) is 12.0 Å². The number of fused-ring (bicyclic) bond motifs is 1. The van der Waals surface area contributed by atoms with Crippen LogP contribution in [-0.2, 0) is 12.8 Å². The Morgan fingerprint density at radius 3 is 2.82 bits per heavy atom. The summed E-state index contributed by atoms with van der Waals surface area (Å²) < 4.78 is 0. The van der Waals surface area contributed by atoms with E-state index in [-0.39, 0.29) is 6.10 Å². The van der Waals surface area contributed by atoms with Gasteiger partial charge in [-0.15, -0.1) is 0 Å². The van der Waals surface area contributed by atoms with E-state index in [1.54, 1.807) is 0 Å². The zero-order valence-corrected chi connectivity index (χ0v) is 10.9. The van der Waals surface area contributed by atoms with Crippen molar-refractivity contribution in [3.05, 3.63) is 34.9 Å². The smallest absolute Gasteiger partial charge is 0.0914 e. The zero-order valence-electron chi connectivity index (χ0n) is 10.9. The highest BCUT2D eigenvalue weighted by atomic mass is 16.3. The van der Waals surface area contributed by atoms with Crippen molar-refractivity contribution in [3.63, 3.8) is 0 Å². The zero-order chi connectivity index (χ0) is 12.3. The molecular formula is C15H23NO. The van der Waals surface area contributed by atoms with Crippen LogP contribution < -0.4 is 5.32 Å². The molecule has 0 saturated heterocycles. The molecule has 2 rings (SSSR count). The van der Waals surface area contributed by atoms with Crippen molar-refractivity contribution in [2.45, 2.75) is 51.7 Å². The van der Waals surface area contributed by atoms with Gasteiger partial charge in [-0.1, -0.05) is 25.1 Å². The predicted octanol–water partition coefficient (Wildman–Crippen LogP) is 2.60. The summed E-state index contributed by atoms with van der Waals surface area (Å²) in [6.45, 7) is 4.95. The van der Waals surface area contributed by atoms with Crippen LogP contribution in [0.3, 0.4) is 0 Å². The number of hydrogen-bond donors (Lipinski definition) is 2. The van der Waals surface area contributed by atoms with Crippen LogP contribution in [0, 0.1) is 0 Å². The first kappa shape index (κ1) is 12.6. The summed E-state index contributed by atoms with van der Waals surface area (Å²) in [7, 11) is 0. The van der Waals surface area contributed by atoms with Crippen LogP contribution in [0.25, 0.3) is 0 Å². The Labute approximate surface area is 104 Å². The van der Waals surface area contributed by atoms with E-state index in [1.807, 2.05) is 0 Å². The van der Waals surface area contributed by atoms with Crippen molar-refractivity contribution in [1.82, 2.24) is 5.32 Å². The largest absolute Gasteiger partial charge is 0.387 e. The molecule has 0 aliphatic heterocycles. The van der Waals surface area contributed by atoms with Gasteiger partial charge in [0.15, 0.2) is 0 Å². The van der Waals surface area contributed by atoms with E-state index in [4.69, 9.17) is 0 Å². The van der Waals surface area contributed by atoms with Crippen LogP contribution in [0.1, 0.15) is 49.5 Å². The van der Waals surface area contributed by atoms with Gasteiger partial charge in [-0.05, 0) is 49.3 Å². The van der Waals surface area contributed by atoms with Crippen LogP contribution in [0.4, 0.5) is 0 Å². The third-order valence-electron chi connectivity index (χ3n) is 3.78. The molecule has 1 aromatic carbocycles. The molecule has 0 saturated carbocycles. The van der Waals surface area contributed by atoms with Gasteiger partial charge >= 0.3 is 0 Å². The summed E-state index contributed by atoms with van der Waals surface area (Å²) in [5, 5.41) is 13.5. The van der Waals surface area contributed by atoms with Gasteiger partial charge in [-0.25, -0.2) is 0 Å². The van der Waals surface area contributed by atoms with E-state index >= 15 is 0 Å². The van der Waals surface area contributed by atoms with E-state index in [9.17, 15) is 5.11 Å². The summed E-state index contributed by atoms with van der Waals surface area (Å²) in [4.78, 5) is 0. The summed E-state index contributed by atoms with van der Waals surface area (Å²) in [5.74, 6) is 0. The minimum Gasteiger partial charge on any atom is -0.387 e. The van der Waals surface area contributed by atoms with Crippen LogP contribution in [0.15, 0.2) is 18.2 Å². The Morgan fingerprint density at radius 2 is 2.06 bits per heavy atom. The molecular weight excluding hydrogens is 210 g/mol. The van der Waals surface area contributed by atoms with Crippen molar-refractivity contribution >= 4 is 0 Å². The van der Waals surface area contributed by atoms with Gasteiger partial charge in [-0.3, -0.25) is 0 Å². The summed E-state index contributed by atoms with van der Waals surface area (Å²) in [6, 6.07) is 6.92. The van der Waals surface area contributed by atoms with Crippen molar-refractivity contribution in [2.75, 3.05) is 6.54 Å². The first-order valence-corrected chi connectivity index (χ1v) is 6.74. The maximum atomic E-state index is 10.1. The van der Waals surface area contributed by atoms with Gasteiger partial charge in [0, 0.05) is 12.6 Å². The predicted molar refractivity (Wildman–Crippen MR) is 71.2 cm³/mol. The number of hydrogen-bond acceptors (Lipinski definition) is 2. The van der Waals surface area contributed by atoms with Crippen molar-refractivity contribution in [1.29, 1.82) is 0 Å². The fraction of sp³-hybridized carbons (Fsp3) is 0.600. The molecule has 0 bridgehead atoms. The van der Waals surface area contributed by atoms with Gasteiger partial charge in [0.05, 0.1) is 6.10 Å². The second-order valence-corrected chi connectivity index (χ2v) is 5.12. The van der Waals surface area contributed by atoms with Crippen LogP contribution >= 0.6 is 0 Å². The topological polar surface area (TPSA) is 32.3 Å². The Bertz CT molecular complexity index is 375. The lowest BCUT2D eigenvalue weighted by Crippen LogP contribution is -2.29. The molecule has 0 unspecified atom stereocenters. The molecule has 1 aromatic rings. The molecule has 0 amide bonds. The van der Waals surface area contributed by atoms with Gasteiger partial charge in [0.1, 0.15) is 0 Å². The highest BCUT2D eigenvalue weighted by Gasteiger charge is 2.14. The number of aliphatic hydroxyl groups excluding tert-OH is 1. The van der Waals surface area contributed by atoms with E-state index in [0.29, 0.717) is 12.6 Å². The van der Waals surface area contributed by atoms with E-state index in [2.05, 4.69) is 37.4 Å². The van der Waals surface area contributed by atoms with Crippen LogP contribution in [0.2, 0.25) is 0 Å². The third-order valence-corrected chi connectivity index (χ3v) is 3.78. The lowest BCUT2D eigenvalue weighted by molar-refractivity contribution is 0.170. The van der Waals surface area contributed by atoms with Crippen LogP contribution in [-0.4, -0.2) is 17.7 Å². The quantitative estimate of drug-likeness (QED) is 0.819. The second-order valence-electron chi connectivity index (χ2n) is 5.12. The highest BCUT2D eigenvalue weighted by Crippen LogP contribution is 2.25. The van der Waals surface area contributed by atoms with Gasteiger partial charge in [0.2, 0.25) is 0 Å². The maximum absolute atomic E-state index is 10.1. The average Bonchev–Trinajstić information content (AvgIpc) is 2.82. The molecule has 0 radical (unpaired) electrons. The molecule has 1 aliphatic carbocycles. The second kappa shape index (κ2) is 5.65. The first-order chi connectivity index (χ1) is 8.20. The lowest BCUT2D eigenvalue weighted by atomic mass is 10.0. The van der Waals surface area contributed by atoms with E-state index in [1.165, 1.54) is 30.4 Å². The van der Waals surface area contributed by atoms with E-state index < -0.39 is 0 Å². The third kappa shape index (κ3) is 3.08. The first-order valence-electron chi connectivity index (χ1n) is 6.74. The Kier molecular flexibility index (Phi) is 4.19. The minimum absolute atomic E-state index is 0.380. The Balaban J connectivity index is 1.97. The molecule has 0 heterocycles. The fourth-order valence-corrected chi connectivity index (χ4v) is 2.37. The number of rotatable bonds is 5. The molecule has 1 aliphatic rings. The van der Waals surface area contributed by atoms with Crippen molar-refractivity contribution in [3.8, 4) is 0 Å². The van der Waals surface area contributed by atoms with Gasteiger partial charge < -0.3 is 10.4 Å². The SMILES string of the molecule is CC[C@@H](C)NC[C@H](O)c1ccc2c(c1)CCC2. The van der Waals surface area contributed by atoms with Crippen molar-refractivity contribution in [2.24, 2.45) is 0 Å². The average molecular weight is 233 g/mol. The molecule has 2 heteroatoms. The Hall–Kier alpha value is -0.860. The molecule has 2 atom stereocenters. The minimum atomic E-state index is -0.380. The fourth-order valence-electron chi connectivity index (χ4n) is 2.37. The summed E-state index contributed by atoms with van der Waals surface area (Å²) in [5.41, 5.74) is 3.96. The number of benzene rings is 1. The number of aliphatic hydroxyl groups is 1. The molecule has 94 valence electrons. The molecule has 2 N–H and O–H groups in total. The number of nitrogens with one attached hydrogen (secondary N) is 1. The maximum Gasteiger partial charge on any atom is 0.0914 e. The monoisotopic (exact) mass is 233 g/mol. The molecule has 0 aromatic heterocycles. The van der Waals surface area contributed by atoms with Crippen molar-refractivity contribution < 1.29 is 5.11 Å².